The van der Waals surface area contributed by atoms with Gasteiger partial charge in [-0.1, -0.05) is 48.0 Å². The first-order valence-electron chi connectivity index (χ1n) is 8.10. The molecule has 1 aromatic heterocycles. The van der Waals surface area contributed by atoms with E-state index in [0.717, 1.165) is 16.7 Å². The first kappa shape index (κ1) is 16.5. The molecule has 0 saturated carbocycles. The van der Waals surface area contributed by atoms with E-state index in [1.807, 2.05) is 74.5 Å². The molecule has 0 bridgehead atoms. The third kappa shape index (κ3) is 3.31. The average molecular weight is 330 g/mol. The number of aromatic amines is 1. The molecule has 3 rings (SSSR count). The van der Waals surface area contributed by atoms with E-state index in [9.17, 15) is 10.1 Å². The zero-order valence-corrected chi connectivity index (χ0v) is 14.2. The van der Waals surface area contributed by atoms with Crippen molar-refractivity contribution in [3.8, 4) is 34.2 Å². The quantitative estimate of drug-likeness (QED) is 0.776. The van der Waals surface area contributed by atoms with Crippen LogP contribution in [0.25, 0.3) is 22.4 Å². The van der Waals surface area contributed by atoms with Crippen LogP contribution in [0.15, 0.2) is 59.4 Å². The summed E-state index contributed by atoms with van der Waals surface area (Å²) in [5, 5.41) is 9.47. The molecule has 0 fully saturated rings. The van der Waals surface area contributed by atoms with E-state index in [4.69, 9.17) is 4.74 Å². The Kier molecular flexibility index (Phi) is 4.67. The molecule has 0 aliphatic carbocycles. The molecule has 0 atom stereocenters. The third-order valence-electron chi connectivity index (χ3n) is 3.98. The van der Waals surface area contributed by atoms with E-state index in [1.165, 1.54) is 0 Å². The summed E-state index contributed by atoms with van der Waals surface area (Å²) >= 11 is 0. The van der Waals surface area contributed by atoms with Crippen LogP contribution >= 0.6 is 0 Å². The number of hydrogen-bond donors (Lipinski definition) is 1. The molecule has 0 radical (unpaired) electrons. The van der Waals surface area contributed by atoms with Gasteiger partial charge in [0, 0.05) is 16.8 Å². The number of H-pyrrole nitrogens is 1. The fourth-order valence-electron chi connectivity index (χ4n) is 2.74. The molecule has 2 aromatic carbocycles. The van der Waals surface area contributed by atoms with Crippen LogP contribution in [0.5, 0.6) is 5.75 Å². The zero-order chi connectivity index (χ0) is 17.8. The molecule has 25 heavy (non-hydrogen) atoms. The van der Waals surface area contributed by atoms with Crippen molar-refractivity contribution in [1.82, 2.24) is 4.98 Å². The van der Waals surface area contributed by atoms with Crippen molar-refractivity contribution in [3.05, 3.63) is 76.1 Å². The van der Waals surface area contributed by atoms with Crippen LogP contribution < -0.4 is 10.3 Å². The fourth-order valence-corrected chi connectivity index (χ4v) is 2.74. The van der Waals surface area contributed by atoms with E-state index in [0.29, 0.717) is 23.6 Å². The van der Waals surface area contributed by atoms with Crippen molar-refractivity contribution in [1.29, 1.82) is 5.26 Å². The number of aryl methyl sites for hydroxylation is 1. The highest BCUT2D eigenvalue weighted by Crippen LogP contribution is 2.33. The number of nitrogens with one attached hydrogen (secondary N) is 1. The Balaban J connectivity index is 2.24. The minimum absolute atomic E-state index is 0.0861. The number of aromatic nitrogens is 1. The predicted octanol–water partition coefficient (Wildman–Crippen LogP) is 4.29. The van der Waals surface area contributed by atoms with Crippen molar-refractivity contribution in [2.45, 2.75) is 13.8 Å². The average Bonchev–Trinajstić information content (AvgIpc) is 2.62. The molecule has 1 heterocycles. The lowest BCUT2D eigenvalue weighted by Gasteiger charge is -2.12. The summed E-state index contributed by atoms with van der Waals surface area (Å²) in [4.78, 5) is 15.3. The van der Waals surface area contributed by atoms with Crippen molar-refractivity contribution < 1.29 is 4.74 Å². The lowest BCUT2D eigenvalue weighted by Crippen LogP contribution is -2.13. The number of nitrogens with zero attached hydrogens (tertiary/aromatic N) is 1. The summed E-state index contributed by atoms with van der Waals surface area (Å²) in [6.45, 7) is 4.42. The van der Waals surface area contributed by atoms with Crippen LogP contribution in [0.4, 0.5) is 0 Å². The summed E-state index contributed by atoms with van der Waals surface area (Å²) in [6.07, 6.45) is 0. The van der Waals surface area contributed by atoms with E-state index in [2.05, 4.69) is 4.98 Å². The predicted molar refractivity (Wildman–Crippen MR) is 98.6 cm³/mol. The van der Waals surface area contributed by atoms with Gasteiger partial charge in [0.25, 0.3) is 5.56 Å². The first-order valence-corrected chi connectivity index (χ1v) is 8.10. The third-order valence-corrected chi connectivity index (χ3v) is 3.98. The molecule has 0 saturated heterocycles. The molecule has 1 N–H and O–H groups in total. The maximum Gasteiger partial charge on any atom is 0.266 e. The number of rotatable bonds is 4. The molecule has 4 nitrogen and oxygen atoms in total. The summed E-state index contributed by atoms with van der Waals surface area (Å²) < 4.78 is 5.67. The van der Waals surface area contributed by atoms with Crippen LogP contribution in [0.1, 0.15) is 18.1 Å². The summed E-state index contributed by atoms with van der Waals surface area (Å²) in [5.74, 6) is 0.655. The zero-order valence-electron chi connectivity index (χ0n) is 14.2. The Morgan fingerprint density at radius 2 is 1.80 bits per heavy atom. The molecule has 0 aliphatic rings. The van der Waals surface area contributed by atoms with Crippen LogP contribution in [-0.2, 0) is 0 Å². The van der Waals surface area contributed by atoms with Gasteiger partial charge in [0.1, 0.15) is 17.4 Å². The van der Waals surface area contributed by atoms with Gasteiger partial charge >= 0.3 is 0 Å². The number of benzene rings is 2. The van der Waals surface area contributed by atoms with Crippen LogP contribution in [0.3, 0.4) is 0 Å². The Labute approximate surface area is 146 Å². The van der Waals surface area contributed by atoms with Gasteiger partial charge in [0.2, 0.25) is 0 Å². The highest BCUT2D eigenvalue weighted by atomic mass is 16.5. The Bertz CT molecular complexity index is 996. The van der Waals surface area contributed by atoms with Gasteiger partial charge in [-0.15, -0.1) is 0 Å². The van der Waals surface area contributed by atoms with Gasteiger partial charge in [0.15, 0.2) is 0 Å². The highest BCUT2D eigenvalue weighted by Gasteiger charge is 2.15. The molecule has 0 aliphatic heterocycles. The van der Waals surface area contributed by atoms with Crippen LogP contribution in [-0.4, -0.2) is 11.6 Å². The molecule has 4 heteroatoms. The second-order valence-electron chi connectivity index (χ2n) is 5.71. The fraction of sp³-hybridized carbons (Fsp3) is 0.143. The Morgan fingerprint density at radius 3 is 2.48 bits per heavy atom. The molecule has 0 spiro atoms. The number of hydrogen-bond acceptors (Lipinski definition) is 3. The van der Waals surface area contributed by atoms with Gasteiger partial charge in [-0.2, -0.15) is 5.26 Å². The largest absolute Gasteiger partial charge is 0.493 e. The summed E-state index contributed by atoms with van der Waals surface area (Å²) in [5.41, 5.74) is 3.70. The number of nitriles is 1. The maximum atomic E-state index is 12.5. The molecular formula is C21H18N2O2. The second-order valence-corrected chi connectivity index (χ2v) is 5.71. The maximum absolute atomic E-state index is 12.5. The summed E-state index contributed by atoms with van der Waals surface area (Å²) in [6, 6.07) is 19.2. The van der Waals surface area contributed by atoms with E-state index in [1.54, 1.807) is 0 Å². The molecule has 124 valence electrons. The van der Waals surface area contributed by atoms with Gasteiger partial charge in [-0.25, -0.2) is 0 Å². The smallest absolute Gasteiger partial charge is 0.266 e. The van der Waals surface area contributed by atoms with Gasteiger partial charge in [0.05, 0.1) is 6.61 Å². The van der Waals surface area contributed by atoms with E-state index in [-0.39, 0.29) is 5.56 Å². The minimum atomic E-state index is -0.401. The van der Waals surface area contributed by atoms with Gasteiger partial charge < -0.3 is 9.72 Å². The van der Waals surface area contributed by atoms with Crippen molar-refractivity contribution in [2.75, 3.05) is 6.61 Å². The molecule has 3 aromatic rings. The molecule has 0 unspecified atom stereocenters. The number of para-hydroxylation sites is 1. The van der Waals surface area contributed by atoms with Gasteiger partial charge in [-0.05, 0) is 31.5 Å². The standard InChI is InChI=1S/C21H18N2O2/c1-3-25-20-7-5-4-6-16(20)17-12-19(23-21(24)18(17)13-22)15-10-8-14(2)9-11-15/h4-12H,3H2,1-2H3,(H,23,24). The molecule has 0 amide bonds. The number of pyridine rings is 1. The highest BCUT2D eigenvalue weighted by molar-refractivity contribution is 5.79. The van der Waals surface area contributed by atoms with E-state index < -0.39 is 5.56 Å². The Hall–Kier alpha value is -3.32. The van der Waals surface area contributed by atoms with Crippen LogP contribution in [0.2, 0.25) is 0 Å². The van der Waals surface area contributed by atoms with Gasteiger partial charge in [-0.3, -0.25) is 4.79 Å². The monoisotopic (exact) mass is 330 g/mol. The first-order chi connectivity index (χ1) is 12.1. The summed E-state index contributed by atoms with van der Waals surface area (Å²) in [7, 11) is 0. The van der Waals surface area contributed by atoms with Crippen molar-refractivity contribution in [3.63, 3.8) is 0 Å². The number of ether oxygens (including phenoxy) is 1. The second kappa shape index (κ2) is 7.06. The topological polar surface area (TPSA) is 65.9 Å². The molecular weight excluding hydrogens is 312 g/mol. The lowest BCUT2D eigenvalue weighted by atomic mass is 9.98. The lowest BCUT2D eigenvalue weighted by molar-refractivity contribution is 0.341. The normalized spacial score (nSPS) is 10.3. The van der Waals surface area contributed by atoms with Crippen molar-refractivity contribution in [2.24, 2.45) is 0 Å². The minimum Gasteiger partial charge on any atom is -0.493 e. The van der Waals surface area contributed by atoms with Crippen molar-refractivity contribution >= 4 is 0 Å². The van der Waals surface area contributed by atoms with E-state index >= 15 is 0 Å². The van der Waals surface area contributed by atoms with Crippen LogP contribution in [0, 0.1) is 18.3 Å². The Morgan fingerprint density at radius 1 is 1.08 bits per heavy atom. The SMILES string of the molecule is CCOc1ccccc1-c1cc(-c2ccc(C)cc2)[nH]c(=O)c1C#N.